The second kappa shape index (κ2) is 21.3. The van der Waals surface area contributed by atoms with E-state index in [1.165, 1.54) is 64.5 Å². The van der Waals surface area contributed by atoms with Crippen LogP contribution in [0.1, 0.15) is 99.3 Å². The van der Waals surface area contributed by atoms with Crippen LogP contribution in [0.2, 0.25) is 0 Å². The van der Waals surface area contributed by atoms with Gasteiger partial charge in [-0.3, -0.25) is 14.6 Å². The summed E-state index contributed by atoms with van der Waals surface area (Å²) in [5, 5.41) is 0. The molecule has 202 valence electrons. The minimum Gasteiger partial charge on any atom is -0.340 e. The number of hydrogen-bond donors (Lipinski definition) is 0. The van der Waals surface area contributed by atoms with Gasteiger partial charge in [0, 0.05) is 51.4 Å². The van der Waals surface area contributed by atoms with Crippen molar-refractivity contribution in [2.24, 2.45) is 0 Å². The molecule has 0 spiro atoms. The number of amides is 1. The van der Waals surface area contributed by atoms with E-state index >= 15 is 0 Å². The number of hydrogen-bond acceptors (Lipinski definition) is 5. The van der Waals surface area contributed by atoms with Crippen LogP contribution in [-0.4, -0.2) is 103 Å². The first kappa shape index (κ1) is 33.0. The second-order valence-electron chi connectivity index (χ2n) is 10.2. The topological polar surface area (TPSA) is 47.1 Å². The molecule has 3 rings (SSSR count). The Hall–Kier alpha value is -0.980. The van der Waals surface area contributed by atoms with Gasteiger partial charge in [0.15, 0.2) is 0 Å². The van der Waals surface area contributed by atoms with E-state index in [1.807, 2.05) is 6.79 Å². The van der Waals surface area contributed by atoms with Crippen molar-refractivity contribution in [3.8, 4) is 0 Å². The highest BCUT2D eigenvalue weighted by molar-refractivity contribution is 5.78. The average molecular weight is 483 g/mol. The summed E-state index contributed by atoms with van der Waals surface area (Å²) in [4.78, 5) is 30.4. The molecule has 0 aromatic rings. The first-order valence-corrected chi connectivity index (χ1v) is 14.2. The van der Waals surface area contributed by atoms with Crippen LogP contribution >= 0.6 is 0 Å². The van der Waals surface area contributed by atoms with E-state index in [0.717, 1.165) is 51.7 Å². The molecule has 3 aliphatic heterocycles. The first-order chi connectivity index (χ1) is 16.5. The molecule has 0 unspecified atom stereocenters. The maximum absolute atomic E-state index is 12.7. The Morgan fingerprint density at radius 3 is 1.82 bits per heavy atom. The molecule has 0 radical (unpaired) electrons. The summed E-state index contributed by atoms with van der Waals surface area (Å²) in [6, 6.07) is 1.35. The lowest BCUT2D eigenvalue weighted by Crippen LogP contribution is -2.49. The van der Waals surface area contributed by atoms with Crippen LogP contribution in [0.5, 0.6) is 0 Å². The zero-order valence-corrected chi connectivity index (χ0v) is 23.7. The van der Waals surface area contributed by atoms with Gasteiger partial charge in [-0.2, -0.15) is 0 Å². The van der Waals surface area contributed by atoms with Crippen molar-refractivity contribution in [3.63, 3.8) is 0 Å². The van der Waals surface area contributed by atoms with Crippen molar-refractivity contribution < 1.29 is 9.59 Å². The van der Waals surface area contributed by atoms with Crippen LogP contribution in [0.4, 0.5) is 0 Å². The van der Waals surface area contributed by atoms with Gasteiger partial charge in [0.1, 0.15) is 6.79 Å². The first-order valence-electron chi connectivity index (χ1n) is 14.2. The number of rotatable bonds is 5. The van der Waals surface area contributed by atoms with E-state index < -0.39 is 0 Å². The maximum atomic E-state index is 12.7. The average Bonchev–Trinajstić information content (AvgIpc) is 3.14. The molecule has 1 amide bonds. The summed E-state index contributed by atoms with van der Waals surface area (Å²) in [6.45, 7) is 24.5. The summed E-state index contributed by atoms with van der Waals surface area (Å²) in [7, 11) is 0. The van der Waals surface area contributed by atoms with E-state index in [-0.39, 0.29) is 0 Å². The van der Waals surface area contributed by atoms with Gasteiger partial charge >= 0.3 is 0 Å². The van der Waals surface area contributed by atoms with Gasteiger partial charge in [-0.25, -0.2) is 0 Å². The van der Waals surface area contributed by atoms with Crippen LogP contribution in [-0.2, 0) is 9.59 Å². The highest BCUT2D eigenvalue weighted by atomic mass is 16.2. The Labute approximate surface area is 212 Å². The monoisotopic (exact) mass is 482 g/mol. The fraction of sp³-hybridized carbons (Fsp3) is 0.929. The zero-order chi connectivity index (χ0) is 25.8. The number of carbonyl (C=O) groups excluding carboxylic acids is 2. The molecule has 0 aromatic heterocycles. The van der Waals surface area contributed by atoms with Crippen LogP contribution in [0.3, 0.4) is 0 Å². The van der Waals surface area contributed by atoms with Crippen molar-refractivity contribution in [1.82, 2.24) is 19.6 Å². The molecule has 0 N–H and O–H groups in total. The van der Waals surface area contributed by atoms with E-state index in [2.05, 4.69) is 61.1 Å². The predicted molar refractivity (Wildman–Crippen MR) is 146 cm³/mol. The summed E-state index contributed by atoms with van der Waals surface area (Å²) in [6.07, 6.45) is 11.7. The molecule has 3 aliphatic rings. The number of carbonyl (C=O) groups is 2. The molecule has 6 heteroatoms. The van der Waals surface area contributed by atoms with Crippen LogP contribution in [0.25, 0.3) is 0 Å². The van der Waals surface area contributed by atoms with Crippen LogP contribution in [0, 0.1) is 0 Å². The molecule has 34 heavy (non-hydrogen) atoms. The van der Waals surface area contributed by atoms with Crippen molar-refractivity contribution in [2.75, 3.05) is 58.9 Å². The normalized spacial score (nSPS) is 20.7. The van der Waals surface area contributed by atoms with E-state index in [1.54, 1.807) is 0 Å². The van der Waals surface area contributed by atoms with E-state index in [0.29, 0.717) is 18.5 Å². The van der Waals surface area contributed by atoms with Gasteiger partial charge in [0.05, 0.1) is 6.54 Å². The molecule has 0 atom stereocenters. The number of unbranched alkanes of at least 4 members (excludes halogenated alkanes) is 1. The quantitative estimate of drug-likeness (QED) is 0.557. The molecule has 6 nitrogen and oxygen atoms in total. The van der Waals surface area contributed by atoms with Crippen molar-refractivity contribution >= 4 is 12.7 Å². The fourth-order valence-corrected chi connectivity index (χ4v) is 4.72. The summed E-state index contributed by atoms with van der Waals surface area (Å²) >= 11 is 0. The predicted octanol–water partition coefficient (Wildman–Crippen LogP) is 4.92. The SMILES string of the molecule is C=O.CC(C)N1CCCN(C(=O)CN2CCC(N3CCCCC3)CC2)CC1.CCC.CCCC. The third-order valence-corrected chi connectivity index (χ3v) is 6.94. The van der Waals surface area contributed by atoms with E-state index in [4.69, 9.17) is 4.79 Å². The minimum atomic E-state index is 0.349. The molecule has 3 fully saturated rings. The molecule has 0 bridgehead atoms. The summed E-state index contributed by atoms with van der Waals surface area (Å²) < 4.78 is 0. The Morgan fingerprint density at radius 2 is 1.32 bits per heavy atom. The maximum Gasteiger partial charge on any atom is 0.236 e. The highest BCUT2D eigenvalue weighted by Gasteiger charge is 2.28. The zero-order valence-electron chi connectivity index (χ0n) is 23.7. The standard InChI is InChI=1S/C20H38N4O.C4H10.C3H8.CH2O/c1-18(2)22-11-6-12-24(16-15-22)20(25)17-21-13-7-19(8-14-21)23-9-4-3-5-10-23;1-3-4-2;1-3-2;1-2/h18-19H,3-17H2,1-2H3;3-4H2,1-2H3;3H2,1-2H3;1H2. The van der Waals surface area contributed by atoms with Gasteiger partial charge in [-0.15, -0.1) is 0 Å². The summed E-state index contributed by atoms with van der Waals surface area (Å²) in [5.41, 5.74) is 0. The third kappa shape index (κ3) is 13.8. The Morgan fingerprint density at radius 1 is 0.765 bits per heavy atom. The van der Waals surface area contributed by atoms with Crippen LogP contribution < -0.4 is 0 Å². The lowest BCUT2D eigenvalue weighted by atomic mass is 10.00. The van der Waals surface area contributed by atoms with Crippen molar-refractivity contribution in [3.05, 3.63) is 0 Å². The highest BCUT2D eigenvalue weighted by Crippen LogP contribution is 2.21. The van der Waals surface area contributed by atoms with Gasteiger partial charge in [0.25, 0.3) is 0 Å². The van der Waals surface area contributed by atoms with Crippen molar-refractivity contribution in [2.45, 2.75) is 111 Å². The largest absolute Gasteiger partial charge is 0.340 e. The molecule has 0 saturated carbocycles. The Kier molecular flexibility index (Phi) is 20.7. The molecule has 0 aromatic carbocycles. The smallest absolute Gasteiger partial charge is 0.236 e. The molecule has 3 saturated heterocycles. The van der Waals surface area contributed by atoms with E-state index in [9.17, 15) is 4.79 Å². The number of nitrogens with zero attached hydrogens (tertiary/aromatic N) is 4. The summed E-state index contributed by atoms with van der Waals surface area (Å²) in [5.74, 6) is 0.349. The molecule has 0 aliphatic carbocycles. The number of piperidine rings is 2. The molecular weight excluding hydrogens is 424 g/mol. The second-order valence-corrected chi connectivity index (χ2v) is 10.2. The minimum absolute atomic E-state index is 0.349. The van der Waals surface area contributed by atoms with Gasteiger partial charge in [0.2, 0.25) is 5.91 Å². The van der Waals surface area contributed by atoms with Gasteiger partial charge in [-0.1, -0.05) is 53.4 Å². The third-order valence-electron chi connectivity index (χ3n) is 6.94. The lowest BCUT2D eigenvalue weighted by molar-refractivity contribution is -0.132. The lowest BCUT2D eigenvalue weighted by Gasteiger charge is -2.40. The van der Waals surface area contributed by atoms with Gasteiger partial charge in [-0.05, 0) is 59.0 Å². The molecule has 3 heterocycles. The van der Waals surface area contributed by atoms with Gasteiger partial charge < -0.3 is 14.6 Å². The van der Waals surface area contributed by atoms with Crippen molar-refractivity contribution in [1.29, 1.82) is 0 Å². The van der Waals surface area contributed by atoms with Crippen LogP contribution in [0.15, 0.2) is 0 Å². The number of likely N-dealkylation sites (tertiary alicyclic amines) is 2. The Bertz CT molecular complexity index is 473. The fourth-order valence-electron chi connectivity index (χ4n) is 4.72. The molecular formula is C28H58N4O2. The Balaban J connectivity index is 0.00000105.